The molecule has 0 bridgehead atoms. The third-order valence-corrected chi connectivity index (χ3v) is 3.71. The molecule has 8 nitrogen and oxygen atoms in total. The lowest BCUT2D eigenvalue weighted by molar-refractivity contribution is 0.163. The van der Waals surface area contributed by atoms with Gasteiger partial charge in [-0.3, -0.25) is 5.32 Å². The minimum Gasteiger partial charge on any atom is -0.475 e. The molecule has 2 N–H and O–H groups in total. The number of ether oxygens (including phenoxy) is 2. The number of carbonyl (C=O) groups excluding carboxylic acids is 1. The van der Waals surface area contributed by atoms with Crippen molar-refractivity contribution in [1.29, 1.82) is 0 Å². The molecule has 0 atom stereocenters. The summed E-state index contributed by atoms with van der Waals surface area (Å²) < 4.78 is 10.1. The zero-order chi connectivity index (χ0) is 20.9. The van der Waals surface area contributed by atoms with Gasteiger partial charge in [0.2, 0.25) is 9.67 Å². The standard InChI is InChI=1S/C17H21Cl3N4O4/c1-16(2,3)12-9-13(22-15(26)28-10-17(18,19)20)24(23-12)11-4-5-21-14(8-11)27-7-6-25/h4-5,8-9,25H,6-7,10H2,1-3H3,(H,22,26). The lowest BCUT2D eigenvalue weighted by Crippen LogP contribution is -2.22. The fraction of sp³-hybridized carbons (Fsp3) is 0.471. The fourth-order valence-electron chi connectivity index (χ4n) is 2.08. The third-order valence-electron chi connectivity index (χ3n) is 3.38. The smallest absolute Gasteiger partial charge is 0.412 e. The number of nitrogens with one attached hydrogen (secondary N) is 1. The van der Waals surface area contributed by atoms with Gasteiger partial charge in [-0.2, -0.15) is 5.10 Å². The Morgan fingerprint density at radius 2 is 2.00 bits per heavy atom. The van der Waals surface area contributed by atoms with Crippen LogP contribution in [0.2, 0.25) is 0 Å². The number of halogens is 3. The first kappa shape index (κ1) is 22.5. The predicted octanol–water partition coefficient (Wildman–Crippen LogP) is 3.85. The molecular weight excluding hydrogens is 431 g/mol. The Kier molecular flexibility index (Phi) is 7.39. The Hall–Kier alpha value is -1.74. The monoisotopic (exact) mass is 450 g/mol. The number of aromatic nitrogens is 3. The molecule has 0 aromatic carbocycles. The van der Waals surface area contributed by atoms with Gasteiger partial charge in [0.1, 0.15) is 19.0 Å². The van der Waals surface area contributed by atoms with E-state index in [0.717, 1.165) is 5.69 Å². The van der Waals surface area contributed by atoms with E-state index < -0.39 is 16.5 Å². The molecule has 2 rings (SSSR count). The lowest BCUT2D eigenvalue weighted by Gasteiger charge is -2.14. The Labute approximate surface area is 177 Å². The van der Waals surface area contributed by atoms with Gasteiger partial charge in [-0.1, -0.05) is 55.6 Å². The van der Waals surface area contributed by atoms with Crippen LogP contribution < -0.4 is 10.1 Å². The first-order valence-corrected chi connectivity index (χ1v) is 9.44. The zero-order valence-corrected chi connectivity index (χ0v) is 17.8. The molecule has 1 amide bonds. The summed E-state index contributed by atoms with van der Waals surface area (Å²) in [7, 11) is 0. The molecule has 0 radical (unpaired) electrons. The zero-order valence-electron chi connectivity index (χ0n) is 15.6. The summed E-state index contributed by atoms with van der Waals surface area (Å²) >= 11 is 16.8. The Bertz CT molecular complexity index is 815. The number of rotatable bonds is 6. The maximum Gasteiger partial charge on any atom is 0.412 e. The largest absolute Gasteiger partial charge is 0.475 e. The van der Waals surface area contributed by atoms with Crippen LogP contribution in [0.25, 0.3) is 5.69 Å². The fourth-order valence-corrected chi connectivity index (χ4v) is 2.25. The van der Waals surface area contributed by atoms with Crippen LogP contribution in [0.15, 0.2) is 24.4 Å². The van der Waals surface area contributed by atoms with Crippen molar-refractivity contribution in [3.63, 3.8) is 0 Å². The average molecular weight is 452 g/mol. The van der Waals surface area contributed by atoms with Gasteiger partial charge >= 0.3 is 6.09 Å². The molecule has 0 aliphatic rings. The summed E-state index contributed by atoms with van der Waals surface area (Å²) in [5.74, 6) is 0.669. The molecule has 2 aromatic rings. The second kappa shape index (κ2) is 9.17. The van der Waals surface area contributed by atoms with E-state index in [1.165, 1.54) is 10.9 Å². The van der Waals surface area contributed by atoms with Crippen molar-refractivity contribution >= 4 is 46.7 Å². The van der Waals surface area contributed by atoms with Crippen LogP contribution in [0.1, 0.15) is 26.5 Å². The number of hydrogen-bond acceptors (Lipinski definition) is 6. The number of anilines is 1. The van der Waals surface area contributed by atoms with Crippen molar-refractivity contribution in [3.8, 4) is 11.6 Å². The minimum absolute atomic E-state index is 0.108. The summed E-state index contributed by atoms with van der Waals surface area (Å²) in [4.78, 5) is 16.2. The predicted molar refractivity (Wildman–Crippen MR) is 108 cm³/mol. The highest BCUT2D eigenvalue weighted by Gasteiger charge is 2.24. The molecule has 0 fully saturated rings. The van der Waals surface area contributed by atoms with Crippen LogP contribution in [0.5, 0.6) is 5.88 Å². The normalized spacial score (nSPS) is 12.0. The van der Waals surface area contributed by atoms with E-state index in [0.29, 0.717) is 17.4 Å². The summed E-state index contributed by atoms with van der Waals surface area (Å²) in [5.41, 5.74) is 1.06. The van der Waals surface area contributed by atoms with Crippen LogP contribution in [0, 0.1) is 0 Å². The van der Waals surface area contributed by atoms with Gasteiger partial charge in [-0.15, -0.1) is 0 Å². The van der Waals surface area contributed by atoms with Gasteiger partial charge in [-0.25, -0.2) is 14.5 Å². The highest BCUT2D eigenvalue weighted by atomic mass is 35.6. The molecular formula is C17H21Cl3N4O4. The third kappa shape index (κ3) is 6.70. The Balaban J connectivity index is 2.32. The maximum absolute atomic E-state index is 12.1. The van der Waals surface area contributed by atoms with E-state index in [1.807, 2.05) is 20.8 Å². The number of carbonyl (C=O) groups is 1. The van der Waals surface area contributed by atoms with Gasteiger partial charge in [0.15, 0.2) is 0 Å². The van der Waals surface area contributed by atoms with E-state index in [2.05, 4.69) is 15.4 Å². The van der Waals surface area contributed by atoms with Crippen LogP contribution in [-0.2, 0) is 10.2 Å². The van der Waals surface area contributed by atoms with E-state index in [-0.39, 0.29) is 18.6 Å². The second-order valence-corrected chi connectivity index (χ2v) is 9.33. The Morgan fingerprint density at radius 1 is 1.29 bits per heavy atom. The van der Waals surface area contributed by atoms with E-state index >= 15 is 0 Å². The minimum atomic E-state index is -1.71. The maximum atomic E-state index is 12.1. The van der Waals surface area contributed by atoms with Gasteiger partial charge in [0.05, 0.1) is 18.0 Å². The highest BCUT2D eigenvalue weighted by molar-refractivity contribution is 6.67. The second-order valence-electron chi connectivity index (χ2n) is 6.82. The summed E-state index contributed by atoms with van der Waals surface area (Å²) in [6, 6.07) is 5.06. The molecule has 2 heterocycles. The van der Waals surface area contributed by atoms with Crippen molar-refractivity contribution in [2.45, 2.75) is 30.0 Å². The molecule has 2 aromatic heterocycles. The van der Waals surface area contributed by atoms with Crippen LogP contribution in [-0.4, -0.2) is 49.6 Å². The van der Waals surface area contributed by atoms with Crippen molar-refractivity contribution in [3.05, 3.63) is 30.1 Å². The highest BCUT2D eigenvalue weighted by Crippen LogP contribution is 2.28. The Morgan fingerprint density at radius 3 is 2.61 bits per heavy atom. The number of aliphatic hydroxyl groups is 1. The van der Waals surface area contributed by atoms with E-state index in [4.69, 9.17) is 49.4 Å². The number of nitrogens with zero attached hydrogens (tertiary/aromatic N) is 3. The van der Waals surface area contributed by atoms with E-state index in [1.54, 1.807) is 18.2 Å². The van der Waals surface area contributed by atoms with Gasteiger partial charge in [0.25, 0.3) is 0 Å². The summed E-state index contributed by atoms with van der Waals surface area (Å²) in [5, 5.41) is 16.1. The van der Waals surface area contributed by atoms with Crippen molar-refractivity contribution < 1.29 is 19.4 Å². The molecule has 154 valence electrons. The van der Waals surface area contributed by atoms with Gasteiger partial charge in [-0.05, 0) is 6.07 Å². The number of alkyl halides is 3. The molecule has 0 saturated carbocycles. The average Bonchev–Trinajstić information content (AvgIpc) is 3.02. The molecule has 0 aliphatic heterocycles. The molecule has 0 aliphatic carbocycles. The quantitative estimate of drug-likeness (QED) is 0.647. The molecule has 0 spiro atoms. The topological polar surface area (TPSA) is 98.5 Å². The van der Waals surface area contributed by atoms with Crippen LogP contribution >= 0.6 is 34.8 Å². The SMILES string of the molecule is CC(C)(C)c1cc(NC(=O)OCC(Cl)(Cl)Cl)n(-c2ccnc(OCCO)c2)n1. The first-order chi connectivity index (χ1) is 13.0. The number of hydrogen-bond donors (Lipinski definition) is 2. The van der Waals surface area contributed by atoms with Gasteiger partial charge < -0.3 is 14.6 Å². The van der Waals surface area contributed by atoms with Crippen LogP contribution in [0.4, 0.5) is 10.6 Å². The molecule has 11 heteroatoms. The lowest BCUT2D eigenvalue weighted by atomic mass is 9.92. The number of amides is 1. The van der Waals surface area contributed by atoms with Crippen molar-refractivity contribution in [2.24, 2.45) is 0 Å². The molecule has 0 unspecified atom stereocenters. The summed E-state index contributed by atoms with van der Waals surface area (Å²) in [6.07, 6.45) is 0.740. The number of pyridine rings is 1. The molecule has 0 saturated heterocycles. The van der Waals surface area contributed by atoms with Crippen molar-refractivity contribution in [2.75, 3.05) is 25.1 Å². The first-order valence-electron chi connectivity index (χ1n) is 8.31. The van der Waals surface area contributed by atoms with Gasteiger partial charge in [0, 0.05) is 23.7 Å². The number of aliphatic hydroxyl groups excluding tert-OH is 1. The summed E-state index contributed by atoms with van der Waals surface area (Å²) in [6.45, 7) is 5.55. The van der Waals surface area contributed by atoms with Crippen LogP contribution in [0.3, 0.4) is 0 Å². The van der Waals surface area contributed by atoms with Crippen molar-refractivity contribution in [1.82, 2.24) is 14.8 Å². The molecule has 28 heavy (non-hydrogen) atoms. The van der Waals surface area contributed by atoms with E-state index in [9.17, 15) is 4.79 Å².